The van der Waals surface area contributed by atoms with Crippen molar-refractivity contribution in [1.29, 1.82) is 0 Å². The summed E-state index contributed by atoms with van der Waals surface area (Å²) in [5.74, 6) is 0. The van der Waals surface area contributed by atoms with Gasteiger partial charge in [-0.25, -0.2) is 0 Å². The Balaban J connectivity index is 2.16. The Morgan fingerprint density at radius 2 is 2.26 bits per heavy atom. The van der Waals surface area contributed by atoms with Gasteiger partial charge in [-0.15, -0.1) is 0 Å². The van der Waals surface area contributed by atoms with Crippen LogP contribution >= 0.6 is 0 Å². The van der Waals surface area contributed by atoms with Crippen molar-refractivity contribution in [2.24, 2.45) is 7.05 Å². The molecule has 0 amide bonds. The van der Waals surface area contributed by atoms with Crippen LogP contribution in [0, 0.1) is 0 Å². The highest BCUT2D eigenvalue weighted by Gasteiger charge is 2.14. The van der Waals surface area contributed by atoms with Crippen LogP contribution in [0.1, 0.15) is 30.5 Å². The third kappa shape index (κ3) is 3.54. The molecule has 0 aliphatic carbocycles. The van der Waals surface area contributed by atoms with Crippen molar-refractivity contribution < 1.29 is 0 Å². The highest BCUT2D eigenvalue weighted by atomic mass is 15.2. The fourth-order valence-corrected chi connectivity index (χ4v) is 2.07. The lowest BCUT2D eigenvalue weighted by atomic mass is 10.0. The Bertz CT molecular complexity index is 520. The molecule has 19 heavy (non-hydrogen) atoms. The van der Waals surface area contributed by atoms with E-state index in [1.54, 1.807) is 6.20 Å². The van der Waals surface area contributed by atoms with Crippen LogP contribution in [-0.4, -0.2) is 21.3 Å². The van der Waals surface area contributed by atoms with Gasteiger partial charge in [0.2, 0.25) is 0 Å². The molecule has 0 aliphatic rings. The molecule has 2 heterocycles. The zero-order chi connectivity index (χ0) is 13.7. The summed E-state index contributed by atoms with van der Waals surface area (Å²) in [6, 6.07) is 2.07. The molecule has 1 atom stereocenters. The average molecular weight is 259 g/mol. The molecule has 3 N–H and O–H groups in total. The van der Waals surface area contributed by atoms with Crippen molar-refractivity contribution >= 4 is 5.69 Å². The molecule has 0 bridgehead atoms. The molecule has 0 aromatic carbocycles. The molecule has 2 rings (SSSR count). The average Bonchev–Trinajstić information content (AvgIpc) is 2.83. The van der Waals surface area contributed by atoms with Gasteiger partial charge in [-0.3, -0.25) is 9.67 Å². The van der Waals surface area contributed by atoms with Crippen LogP contribution in [-0.2, 0) is 13.5 Å². The topological polar surface area (TPSA) is 68.8 Å². The van der Waals surface area contributed by atoms with E-state index >= 15 is 0 Å². The Hall–Kier alpha value is -1.88. The monoisotopic (exact) mass is 259 g/mol. The van der Waals surface area contributed by atoms with Crippen LogP contribution < -0.4 is 11.1 Å². The first-order valence-electron chi connectivity index (χ1n) is 6.61. The molecule has 0 saturated carbocycles. The minimum atomic E-state index is 0.222. The van der Waals surface area contributed by atoms with Gasteiger partial charge in [0.1, 0.15) is 0 Å². The molecular weight excluding hydrogens is 238 g/mol. The maximum absolute atomic E-state index is 5.99. The first kappa shape index (κ1) is 13.5. The van der Waals surface area contributed by atoms with Crippen LogP contribution in [0.25, 0.3) is 0 Å². The summed E-state index contributed by atoms with van der Waals surface area (Å²) in [7, 11) is 1.93. The Kier molecular flexibility index (Phi) is 4.52. The number of aryl methyl sites for hydroxylation is 1. The van der Waals surface area contributed by atoms with Crippen molar-refractivity contribution in [3.05, 3.63) is 42.0 Å². The van der Waals surface area contributed by atoms with E-state index in [0.29, 0.717) is 0 Å². The SMILES string of the molecule is CCCNC(Cc1cnccc1N)c1cnn(C)c1. The number of nitrogen functional groups attached to an aromatic ring is 1. The van der Waals surface area contributed by atoms with Crippen molar-refractivity contribution in [3.8, 4) is 0 Å². The molecule has 5 heteroatoms. The zero-order valence-corrected chi connectivity index (χ0v) is 11.5. The molecule has 0 aliphatic heterocycles. The number of hydrogen-bond acceptors (Lipinski definition) is 4. The number of pyridine rings is 1. The fraction of sp³-hybridized carbons (Fsp3) is 0.429. The molecule has 1 unspecified atom stereocenters. The van der Waals surface area contributed by atoms with E-state index in [-0.39, 0.29) is 6.04 Å². The second kappa shape index (κ2) is 6.33. The van der Waals surface area contributed by atoms with Crippen molar-refractivity contribution in [3.63, 3.8) is 0 Å². The Labute approximate surface area is 113 Å². The Morgan fingerprint density at radius 3 is 2.89 bits per heavy atom. The van der Waals surface area contributed by atoms with Crippen molar-refractivity contribution in [2.75, 3.05) is 12.3 Å². The number of rotatable bonds is 6. The first-order chi connectivity index (χ1) is 9.20. The lowest BCUT2D eigenvalue weighted by Crippen LogP contribution is -2.24. The van der Waals surface area contributed by atoms with E-state index in [2.05, 4.69) is 22.3 Å². The third-order valence-electron chi connectivity index (χ3n) is 3.13. The summed E-state index contributed by atoms with van der Waals surface area (Å²) >= 11 is 0. The van der Waals surface area contributed by atoms with E-state index in [1.807, 2.05) is 36.4 Å². The van der Waals surface area contributed by atoms with Gasteiger partial charge in [0.05, 0.1) is 6.20 Å². The van der Waals surface area contributed by atoms with Gasteiger partial charge in [-0.2, -0.15) is 5.10 Å². The second-order valence-corrected chi connectivity index (χ2v) is 4.73. The van der Waals surface area contributed by atoms with E-state index in [4.69, 9.17) is 5.73 Å². The van der Waals surface area contributed by atoms with Crippen LogP contribution in [0.5, 0.6) is 0 Å². The van der Waals surface area contributed by atoms with E-state index < -0.39 is 0 Å². The summed E-state index contributed by atoms with van der Waals surface area (Å²) in [4.78, 5) is 4.15. The first-order valence-corrected chi connectivity index (χ1v) is 6.61. The number of nitrogens with one attached hydrogen (secondary N) is 1. The molecule has 2 aromatic heterocycles. The van der Waals surface area contributed by atoms with Crippen molar-refractivity contribution in [2.45, 2.75) is 25.8 Å². The normalized spacial score (nSPS) is 12.5. The fourth-order valence-electron chi connectivity index (χ4n) is 2.07. The summed E-state index contributed by atoms with van der Waals surface area (Å²) in [6.45, 7) is 3.13. The van der Waals surface area contributed by atoms with Gasteiger partial charge in [0, 0.05) is 42.9 Å². The van der Waals surface area contributed by atoms with Crippen LogP contribution in [0.3, 0.4) is 0 Å². The van der Waals surface area contributed by atoms with Gasteiger partial charge in [-0.1, -0.05) is 6.92 Å². The maximum atomic E-state index is 5.99. The van der Waals surface area contributed by atoms with Gasteiger partial charge < -0.3 is 11.1 Å². The summed E-state index contributed by atoms with van der Waals surface area (Å²) in [5, 5.41) is 7.78. The third-order valence-corrected chi connectivity index (χ3v) is 3.13. The van der Waals surface area contributed by atoms with Gasteiger partial charge in [-0.05, 0) is 31.0 Å². The zero-order valence-electron chi connectivity index (χ0n) is 11.5. The van der Waals surface area contributed by atoms with Crippen LogP contribution in [0.2, 0.25) is 0 Å². The van der Waals surface area contributed by atoms with Gasteiger partial charge in [0.15, 0.2) is 0 Å². The number of nitrogens with two attached hydrogens (primary N) is 1. The molecule has 0 fully saturated rings. The standard InChI is InChI=1S/C14H21N5/c1-3-5-17-14(12-9-18-19(2)10-12)7-11-8-16-6-4-13(11)15/h4,6,8-10,14,17H,3,5,7H2,1-2H3,(H2,15,16). The Morgan fingerprint density at radius 1 is 1.42 bits per heavy atom. The quantitative estimate of drug-likeness (QED) is 0.828. The van der Waals surface area contributed by atoms with Gasteiger partial charge in [0.25, 0.3) is 0 Å². The lowest BCUT2D eigenvalue weighted by molar-refractivity contribution is 0.529. The van der Waals surface area contributed by atoms with Crippen LogP contribution in [0.4, 0.5) is 5.69 Å². The summed E-state index contributed by atoms with van der Waals surface area (Å²) < 4.78 is 1.82. The van der Waals surface area contributed by atoms with E-state index in [9.17, 15) is 0 Å². The molecule has 0 spiro atoms. The highest BCUT2D eigenvalue weighted by Crippen LogP contribution is 2.20. The predicted octanol–water partition coefficient (Wildman–Crippen LogP) is 1.68. The van der Waals surface area contributed by atoms with E-state index in [0.717, 1.165) is 30.6 Å². The predicted molar refractivity (Wildman–Crippen MR) is 76.6 cm³/mol. The number of nitrogens with zero attached hydrogens (tertiary/aromatic N) is 3. The molecular formula is C14H21N5. The minimum Gasteiger partial charge on any atom is -0.398 e. The molecule has 0 radical (unpaired) electrons. The summed E-state index contributed by atoms with van der Waals surface area (Å²) in [5.41, 5.74) is 9.04. The summed E-state index contributed by atoms with van der Waals surface area (Å²) in [6.07, 6.45) is 9.42. The maximum Gasteiger partial charge on any atom is 0.0537 e. The highest BCUT2D eigenvalue weighted by molar-refractivity contribution is 5.45. The van der Waals surface area contributed by atoms with Gasteiger partial charge >= 0.3 is 0 Å². The largest absolute Gasteiger partial charge is 0.398 e. The van der Waals surface area contributed by atoms with E-state index in [1.165, 1.54) is 5.56 Å². The lowest BCUT2D eigenvalue weighted by Gasteiger charge is -2.18. The number of aromatic nitrogens is 3. The number of hydrogen-bond donors (Lipinski definition) is 2. The molecule has 102 valence electrons. The molecule has 0 saturated heterocycles. The number of anilines is 1. The molecule has 2 aromatic rings. The van der Waals surface area contributed by atoms with Crippen LogP contribution in [0.15, 0.2) is 30.9 Å². The second-order valence-electron chi connectivity index (χ2n) is 4.73. The minimum absolute atomic E-state index is 0.222. The molecule has 5 nitrogen and oxygen atoms in total. The van der Waals surface area contributed by atoms with Crippen molar-refractivity contribution in [1.82, 2.24) is 20.1 Å². The smallest absolute Gasteiger partial charge is 0.0537 e.